The topological polar surface area (TPSA) is 87.7 Å². The molecule has 138 valence electrons. The van der Waals surface area contributed by atoms with Crippen molar-refractivity contribution >= 4 is 23.5 Å². The first-order valence-corrected chi connectivity index (χ1v) is 8.18. The van der Waals surface area contributed by atoms with Crippen molar-refractivity contribution in [2.75, 3.05) is 32.1 Å². The molecule has 0 fully saturated rings. The summed E-state index contributed by atoms with van der Waals surface area (Å²) < 4.78 is 4.98. The molecule has 0 atom stereocenters. The summed E-state index contributed by atoms with van der Waals surface area (Å²) in [6.07, 6.45) is 0. The van der Waals surface area contributed by atoms with Crippen LogP contribution in [0.2, 0.25) is 0 Å². The van der Waals surface area contributed by atoms with Crippen LogP contribution in [0.15, 0.2) is 24.3 Å². The lowest BCUT2D eigenvalue weighted by molar-refractivity contribution is -0.124. The third kappa shape index (κ3) is 7.80. The molecule has 25 heavy (non-hydrogen) atoms. The summed E-state index contributed by atoms with van der Waals surface area (Å²) in [6, 6.07) is 6.65. The second-order valence-electron chi connectivity index (χ2n) is 6.78. The molecule has 0 radical (unpaired) electrons. The van der Waals surface area contributed by atoms with Gasteiger partial charge in [-0.05, 0) is 46.9 Å². The molecule has 0 aliphatic heterocycles. The van der Waals surface area contributed by atoms with Gasteiger partial charge in [0.05, 0.1) is 30.9 Å². The molecule has 0 saturated heterocycles. The van der Waals surface area contributed by atoms with Crippen molar-refractivity contribution in [1.82, 2.24) is 10.2 Å². The predicted molar refractivity (Wildman–Crippen MR) is 96.4 cm³/mol. The van der Waals surface area contributed by atoms with Gasteiger partial charge in [0.1, 0.15) is 0 Å². The summed E-state index contributed by atoms with van der Waals surface area (Å²) in [5.41, 5.74) is 0.364. The zero-order valence-electron chi connectivity index (χ0n) is 15.5. The van der Waals surface area contributed by atoms with Gasteiger partial charge < -0.3 is 15.4 Å². The van der Waals surface area contributed by atoms with Crippen LogP contribution in [0.1, 0.15) is 38.1 Å². The van der Waals surface area contributed by atoms with Crippen molar-refractivity contribution in [3.05, 3.63) is 29.8 Å². The molecule has 7 heteroatoms. The minimum absolute atomic E-state index is 0.0225. The van der Waals surface area contributed by atoms with Gasteiger partial charge in [-0.3, -0.25) is 14.5 Å². The number of rotatable bonds is 7. The monoisotopic (exact) mass is 349 g/mol. The highest BCUT2D eigenvalue weighted by molar-refractivity contribution is 6.01. The Morgan fingerprint density at radius 1 is 1.08 bits per heavy atom. The molecule has 0 aliphatic rings. The van der Waals surface area contributed by atoms with E-state index in [0.29, 0.717) is 11.3 Å². The minimum atomic E-state index is -0.490. The van der Waals surface area contributed by atoms with Crippen molar-refractivity contribution in [3.63, 3.8) is 0 Å². The third-order valence-electron chi connectivity index (χ3n) is 3.04. The van der Waals surface area contributed by atoms with Gasteiger partial charge in [-0.2, -0.15) is 0 Å². The van der Waals surface area contributed by atoms with Crippen LogP contribution in [-0.2, 0) is 14.3 Å². The van der Waals surface area contributed by atoms with Crippen molar-refractivity contribution in [3.8, 4) is 0 Å². The van der Waals surface area contributed by atoms with E-state index in [2.05, 4.69) is 10.6 Å². The van der Waals surface area contributed by atoms with Gasteiger partial charge in [-0.15, -0.1) is 0 Å². The van der Waals surface area contributed by atoms with E-state index in [-0.39, 0.29) is 37.0 Å². The average Bonchev–Trinajstić information content (AvgIpc) is 2.45. The molecule has 2 N–H and O–H groups in total. The number of ether oxygens (including phenoxy) is 1. The predicted octanol–water partition coefficient (Wildman–Crippen LogP) is 1.65. The van der Waals surface area contributed by atoms with Crippen LogP contribution in [0.5, 0.6) is 0 Å². The summed E-state index contributed by atoms with van der Waals surface area (Å²) in [6.45, 7) is 7.78. The number of nitrogens with one attached hydrogen (secondary N) is 2. The smallest absolute Gasteiger partial charge is 0.340 e. The summed E-state index contributed by atoms with van der Waals surface area (Å²) in [7, 11) is 1.68. The van der Waals surface area contributed by atoms with Crippen LogP contribution in [0.25, 0.3) is 0 Å². The summed E-state index contributed by atoms with van der Waals surface area (Å²) in [5, 5.41) is 5.53. The molecule has 1 rings (SSSR count). The Balaban J connectivity index is 2.62. The maximum Gasteiger partial charge on any atom is 0.340 e. The first-order chi connectivity index (χ1) is 11.6. The molecule has 0 bridgehead atoms. The number of para-hydroxylation sites is 1. The Morgan fingerprint density at radius 2 is 1.68 bits per heavy atom. The zero-order valence-corrected chi connectivity index (χ0v) is 15.5. The fraction of sp³-hybridized carbons (Fsp3) is 0.500. The van der Waals surface area contributed by atoms with Crippen molar-refractivity contribution in [2.45, 2.75) is 33.2 Å². The van der Waals surface area contributed by atoms with Gasteiger partial charge in [0, 0.05) is 5.54 Å². The van der Waals surface area contributed by atoms with E-state index in [1.54, 1.807) is 43.1 Å². The lowest BCUT2D eigenvalue weighted by Gasteiger charge is -2.23. The van der Waals surface area contributed by atoms with Crippen LogP contribution >= 0.6 is 0 Å². The third-order valence-corrected chi connectivity index (χ3v) is 3.04. The molecule has 0 aromatic heterocycles. The first kappa shape index (κ1) is 20.6. The summed E-state index contributed by atoms with van der Waals surface area (Å²) in [5.74, 6) is -0.964. The maximum absolute atomic E-state index is 12.2. The zero-order chi connectivity index (χ0) is 19.0. The average molecular weight is 349 g/mol. The molecule has 7 nitrogen and oxygen atoms in total. The van der Waals surface area contributed by atoms with Gasteiger partial charge in [0.15, 0.2) is 0 Å². The Kier molecular flexibility index (Phi) is 7.57. The molecule has 1 aromatic carbocycles. The molecule has 0 aliphatic carbocycles. The first-order valence-electron chi connectivity index (χ1n) is 8.18. The fourth-order valence-electron chi connectivity index (χ4n) is 2.17. The van der Waals surface area contributed by atoms with E-state index >= 15 is 0 Å². The highest BCUT2D eigenvalue weighted by Crippen LogP contribution is 2.16. The van der Waals surface area contributed by atoms with E-state index in [4.69, 9.17) is 4.74 Å². The number of nitrogens with zero attached hydrogens (tertiary/aromatic N) is 1. The number of likely N-dealkylation sites (N-methyl/N-ethyl adjacent to an activating group) is 1. The second-order valence-corrected chi connectivity index (χ2v) is 6.78. The number of carbonyl (C=O) groups excluding carboxylic acids is 3. The van der Waals surface area contributed by atoms with E-state index in [9.17, 15) is 14.4 Å². The molecule has 0 spiro atoms. The second kappa shape index (κ2) is 9.17. The Morgan fingerprint density at radius 3 is 2.28 bits per heavy atom. The van der Waals surface area contributed by atoms with E-state index < -0.39 is 5.97 Å². The van der Waals surface area contributed by atoms with E-state index in [0.717, 1.165) is 0 Å². The van der Waals surface area contributed by atoms with Crippen LogP contribution < -0.4 is 10.6 Å². The van der Waals surface area contributed by atoms with Gasteiger partial charge in [-0.1, -0.05) is 12.1 Å². The normalized spacial score (nSPS) is 11.1. The molecule has 2 amide bonds. The highest BCUT2D eigenvalue weighted by atomic mass is 16.5. The molecular formula is C18H27N3O4. The largest absolute Gasteiger partial charge is 0.462 e. The van der Waals surface area contributed by atoms with E-state index in [1.165, 1.54) is 0 Å². The molecule has 0 saturated carbocycles. The molecule has 0 unspecified atom stereocenters. The number of hydrogen-bond acceptors (Lipinski definition) is 5. The van der Waals surface area contributed by atoms with Crippen LogP contribution in [0.3, 0.4) is 0 Å². The Hall–Kier alpha value is -2.41. The number of hydrogen-bond donors (Lipinski definition) is 2. The standard InChI is InChI=1S/C18H27N3O4/c1-6-25-17(24)13-9-7-8-10-14(13)19-15(22)11-21(5)12-16(23)20-18(2,3)4/h7-10H,6,11-12H2,1-5H3,(H,19,22)(H,20,23). The van der Waals surface area contributed by atoms with Crippen molar-refractivity contribution in [1.29, 1.82) is 0 Å². The number of carbonyl (C=O) groups is 3. The summed E-state index contributed by atoms with van der Waals surface area (Å²) in [4.78, 5) is 37.6. The molecule has 1 aromatic rings. The highest BCUT2D eigenvalue weighted by Gasteiger charge is 2.18. The fourth-order valence-corrected chi connectivity index (χ4v) is 2.17. The van der Waals surface area contributed by atoms with Crippen molar-refractivity contribution < 1.29 is 19.1 Å². The van der Waals surface area contributed by atoms with Crippen LogP contribution in [0.4, 0.5) is 5.69 Å². The Labute approximate surface area is 148 Å². The summed E-state index contributed by atoms with van der Waals surface area (Å²) >= 11 is 0. The number of anilines is 1. The van der Waals surface area contributed by atoms with Crippen LogP contribution in [-0.4, -0.2) is 55.0 Å². The molecule has 0 heterocycles. The molecular weight excluding hydrogens is 322 g/mol. The van der Waals surface area contributed by atoms with E-state index in [1.807, 2.05) is 20.8 Å². The van der Waals surface area contributed by atoms with Crippen molar-refractivity contribution in [2.24, 2.45) is 0 Å². The lowest BCUT2D eigenvalue weighted by atomic mass is 10.1. The lowest BCUT2D eigenvalue weighted by Crippen LogP contribution is -2.46. The van der Waals surface area contributed by atoms with Gasteiger partial charge in [0.2, 0.25) is 11.8 Å². The number of benzene rings is 1. The number of amides is 2. The SMILES string of the molecule is CCOC(=O)c1ccccc1NC(=O)CN(C)CC(=O)NC(C)(C)C. The minimum Gasteiger partial charge on any atom is -0.462 e. The maximum atomic E-state index is 12.2. The number of esters is 1. The quantitative estimate of drug-likeness (QED) is 0.731. The van der Waals surface area contributed by atoms with Gasteiger partial charge >= 0.3 is 5.97 Å². The van der Waals surface area contributed by atoms with Crippen LogP contribution in [0, 0.1) is 0 Å². The van der Waals surface area contributed by atoms with Gasteiger partial charge in [0.25, 0.3) is 0 Å². The Bertz CT molecular complexity index is 623. The van der Waals surface area contributed by atoms with Gasteiger partial charge in [-0.25, -0.2) is 4.79 Å².